The van der Waals surface area contributed by atoms with Gasteiger partial charge in [0.2, 0.25) is 5.91 Å². The average molecular weight is 257 g/mol. The largest absolute Gasteiger partial charge is 0.323 e. The fourth-order valence-electron chi connectivity index (χ4n) is 1.60. The van der Waals surface area contributed by atoms with Crippen LogP contribution in [0.5, 0.6) is 0 Å². The Hall–Kier alpha value is -2.10. The zero-order valence-electron chi connectivity index (χ0n) is 11.6. The molecule has 0 aliphatic heterocycles. The van der Waals surface area contributed by atoms with Gasteiger partial charge in [-0.3, -0.25) is 9.48 Å². The second-order valence-corrected chi connectivity index (χ2v) is 5.62. The topological polar surface area (TPSA) is 46.9 Å². The highest BCUT2D eigenvalue weighted by molar-refractivity contribution is 5.94. The molecule has 0 spiro atoms. The molecule has 2 aromatic rings. The van der Waals surface area contributed by atoms with Gasteiger partial charge in [-0.05, 0) is 5.56 Å². The van der Waals surface area contributed by atoms with Gasteiger partial charge in [-0.15, -0.1) is 0 Å². The van der Waals surface area contributed by atoms with E-state index in [2.05, 4.69) is 22.5 Å². The van der Waals surface area contributed by atoms with E-state index in [4.69, 9.17) is 0 Å². The summed E-state index contributed by atoms with van der Waals surface area (Å²) in [7, 11) is 0. The number of nitrogens with one attached hydrogen (secondary N) is 1. The summed E-state index contributed by atoms with van der Waals surface area (Å²) < 4.78 is 1.81. The summed E-state index contributed by atoms with van der Waals surface area (Å²) in [4.78, 5) is 11.9. The number of nitrogens with zero attached hydrogens (tertiary/aromatic N) is 2. The van der Waals surface area contributed by atoms with Crippen molar-refractivity contribution in [1.29, 1.82) is 0 Å². The first-order chi connectivity index (χ1) is 8.95. The zero-order chi connectivity index (χ0) is 13.9. The third-order valence-corrected chi connectivity index (χ3v) is 2.76. The van der Waals surface area contributed by atoms with Crippen LogP contribution in [-0.2, 0) is 11.3 Å². The molecule has 1 amide bonds. The molecule has 1 aromatic heterocycles. The number of carbonyl (C=O) groups excluding carboxylic acids is 1. The van der Waals surface area contributed by atoms with Crippen LogP contribution in [0.3, 0.4) is 0 Å². The van der Waals surface area contributed by atoms with Crippen molar-refractivity contribution in [3.63, 3.8) is 0 Å². The summed E-state index contributed by atoms with van der Waals surface area (Å²) >= 11 is 0. The molecule has 4 nitrogen and oxygen atoms in total. The lowest BCUT2D eigenvalue weighted by molar-refractivity contribution is -0.123. The highest BCUT2D eigenvalue weighted by Crippen LogP contribution is 2.17. The molecule has 19 heavy (non-hydrogen) atoms. The molecule has 0 bridgehead atoms. The summed E-state index contributed by atoms with van der Waals surface area (Å²) in [5.74, 6) is -0.00763. The SMILES string of the molecule is CC(C)(C)C(=O)Nc1cnn(Cc2ccccc2)c1. The minimum Gasteiger partial charge on any atom is -0.323 e. The van der Waals surface area contributed by atoms with Crippen LogP contribution in [0.15, 0.2) is 42.7 Å². The summed E-state index contributed by atoms with van der Waals surface area (Å²) in [5.41, 5.74) is 1.51. The molecule has 0 fully saturated rings. The number of anilines is 1. The minimum absolute atomic E-state index is 0.00763. The lowest BCUT2D eigenvalue weighted by Crippen LogP contribution is -2.27. The van der Waals surface area contributed by atoms with E-state index in [0.717, 1.165) is 5.69 Å². The molecule has 0 atom stereocenters. The molecule has 0 radical (unpaired) electrons. The summed E-state index contributed by atoms with van der Waals surface area (Å²) in [5, 5.41) is 7.11. The third kappa shape index (κ3) is 3.68. The van der Waals surface area contributed by atoms with Crippen LogP contribution >= 0.6 is 0 Å². The number of amides is 1. The predicted octanol–water partition coefficient (Wildman–Crippen LogP) is 2.92. The highest BCUT2D eigenvalue weighted by Gasteiger charge is 2.21. The Balaban J connectivity index is 2.02. The van der Waals surface area contributed by atoms with Crippen LogP contribution in [0.2, 0.25) is 0 Å². The lowest BCUT2D eigenvalue weighted by Gasteiger charge is -2.16. The second-order valence-electron chi connectivity index (χ2n) is 5.62. The molecule has 0 saturated carbocycles. The van der Waals surface area contributed by atoms with Gasteiger partial charge in [0.1, 0.15) is 0 Å². The molecule has 0 aliphatic carbocycles. The molecule has 1 N–H and O–H groups in total. The van der Waals surface area contributed by atoms with Crippen molar-refractivity contribution in [1.82, 2.24) is 9.78 Å². The molecule has 0 saturated heterocycles. The standard InChI is InChI=1S/C15H19N3O/c1-15(2,3)14(19)17-13-9-16-18(11-13)10-12-7-5-4-6-8-12/h4-9,11H,10H2,1-3H3,(H,17,19). The molecule has 0 unspecified atom stereocenters. The van der Waals surface area contributed by atoms with Crippen LogP contribution < -0.4 is 5.32 Å². The number of carbonyl (C=O) groups is 1. The Bertz CT molecular complexity index is 552. The fourth-order valence-corrected chi connectivity index (χ4v) is 1.60. The third-order valence-electron chi connectivity index (χ3n) is 2.76. The number of rotatable bonds is 3. The van der Waals surface area contributed by atoms with E-state index in [1.54, 1.807) is 6.20 Å². The average Bonchev–Trinajstić information content (AvgIpc) is 2.76. The van der Waals surface area contributed by atoms with Gasteiger partial charge >= 0.3 is 0 Å². The van der Waals surface area contributed by atoms with E-state index in [9.17, 15) is 4.79 Å². The van der Waals surface area contributed by atoms with Gasteiger partial charge in [-0.2, -0.15) is 5.10 Å². The van der Waals surface area contributed by atoms with Gasteiger partial charge in [0.25, 0.3) is 0 Å². The van der Waals surface area contributed by atoms with Gasteiger partial charge in [-0.1, -0.05) is 51.1 Å². The van der Waals surface area contributed by atoms with Gasteiger partial charge < -0.3 is 5.32 Å². The Morgan fingerprint density at radius 1 is 1.26 bits per heavy atom. The van der Waals surface area contributed by atoms with Crippen LogP contribution in [0.4, 0.5) is 5.69 Å². The van der Waals surface area contributed by atoms with E-state index in [0.29, 0.717) is 6.54 Å². The normalized spacial score (nSPS) is 11.3. The number of hydrogen-bond donors (Lipinski definition) is 1. The molecule has 0 aliphatic rings. The maximum absolute atomic E-state index is 11.9. The number of aromatic nitrogens is 2. The molecular weight excluding hydrogens is 238 g/mol. The Morgan fingerprint density at radius 2 is 1.95 bits per heavy atom. The molecular formula is C15H19N3O. The number of hydrogen-bond acceptors (Lipinski definition) is 2. The van der Waals surface area contributed by atoms with Crippen LogP contribution in [0.25, 0.3) is 0 Å². The second kappa shape index (κ2) is 5.26. The predicted molar refractivity (Wildman–Crippen MR) is 75.9 cm³/mol. The van der Waals surface area contributed by atoms with Crippen molar-refractivity contribution >= 4 is 11.6 Å². The van der Waals surface area contributed by atoms with Crippen molar-refractivity contribution in [2.75, 3.05) is 5.32 Å². The Morgan fingerprint density at radius 3 is 2.58 bits per heavy atom. The molecule has 2 rings (SSSR count). The van der Waals surface area contributed by atoms with Crippen LogP contribution in [0.1, 0.15) is 26.3 Å². The van der Waals surface area contributed by atoms with Crippen molar-refractivity contribution in [2.45, 2.75) is 27.3 Å². The highest BCUT2D eigenvalue weighted by atomic mass is 16.2. The van der Waals surface area contributed by atoms with Crippen molar-refractivity contribution in [3.05, 3.63) is 48.3 Å². The molecule has 1 heterocycles. The monoisotopic (exact) mass is 257 g/mol. The smallest absolute Gasteiger partial charge is 0.229 e. The summed E-state index contributed by atoms with van der Waals surface area (Å²) in [6.45, 7) is 6.36. The fraction of sp³-hybridized carbons (Fsp3) is 0.333. The van der Waals surface area contributed by atoms with E-state index in [1.165, 1.54) is 5.56 Å². The van der Waals surface area contributed by atoms with Gasteiger partial charge in [0.15, 0.2) is 0 Å². The first-order valence-electron chi connectivity index (χ1n) is 6.33. The van der Waals surface area contributed by atoms with Crippen molar-refractivity contribution < 1.29 is 4.79 Å². The molecule has 100 valence electrons. The summed E-state index contributed by atoms with van der Waals surface area (Å²) in [6, 6.07) is 10.1. The zero-order valence-corrected chi connectivity index (χ0v) is 11.6. The van der Waals surface area contributed by atoms with E-state index in [1.807, 2.05) is 49.8 Å². The Kier molecular flexibility index (Phi) is 3.69. The van der Waals surface area contributed by atoms with E-state index < -0.39 is 5.41 Å². The van der Waals surface area contributed by atoms with Gasteiger partial charge in [0.05, 0.1) is 18.4 Å². The first-order valence-corrected chi connectivity index (χ1v) is 6.33. The van der Waals surface area contributed by atoms with Gasteiger partial charge in [-0.25, -0.2) is 0 Å². The molecule has 1 aromatic carbocycles. The van der Waals surface area contributed by atoms with E-state index in [-0.39, 0.29) is 5.91 Å². The van der Waals surface area contributed by atoms with Gasteiger partial charge in [0, 0.05) is 11.6 Å². The lowest BCUT2D eigenvalue weighted by atomic mass is 9.96. The quantitative estimate of drug-likeness (QED) is 0.919. The molecule has 4 heteroatoms. The van der Waals surface area contributed by atoms with Crippen molar-refractivity contribution in [3.8, 4) is 0 Å². The van der Waals surface area contributed by atoms with Crippen LogP contribution in [0, 0.1) is 5.41 Å². The minimum atomic E-state index is -0.401. The summed E-state index contributed by atoms with van der Waals surface area (Å²) in [6.07, 6.45) is 3.52. The first kappa shape index (κ1) is 13.3. The van der Waals surface area contributed by atoms with Crippen molar-refractivity contribution in [2.24, 2.45) is 5.41 Å². The van der Waals surface area contributed by atoms with E-state index >= 15 is 0 Å². The maximum Gasteiger partial charge on any atom is 0.229 e. The Labute approximate surface area is 113 Å². The number of benzene rings is 1. The maximum atomic E-state index is 11.9. The van der Waals surface area contributed by atoms with Crippen LogP contribution in [-0.4, -0.2) is 15.7 Å².